The zero-order valence-corrected chi connectivity index (χ0v) is 16.0. The van der Waals surface area contributed by atoms with Crippen molar-refractivity contribution in [3.63, 3.8) is 0 Å². The molecule has 2 aromatic heterocycles. The van der Waals surface area contributed by atoms with E-state index < -0.39 is 0 Å². The molecule has 0 radical (unpaired) electrons. The number of piperazine rings is 2. The van der Waals surface area contributed by atoms with E-state index in [2.05, 4.69) is 47.5 Å². The normalized spacial score (nSPS) is 18.8. The fraction of sp³-hybridized carbons (Fsp3) is 0.526. The molecule has 2 aromatic rings. The molecular weight excluding hydrogens is 340 g/mol. The first kappa shape index (κ1) is 17.8. The Balaban J connectivity index is 1.44. The van der Waals surface area contributed by atoms with E-state index in [1.807, 2.05) is 18.3 Å². The van der Waals surface area contributed by atoms with Gasteiger partial charge in [0.25, 0.3) is 0 Å². The highest BCUT2D eigenvalue weighted by Crippen LogP contribution is 2.30. The highest BCUT2D eigenvalue weighted by atomic mass is 15.3. The van der Waals surface area contributed by atoms with Gasteiger partial charge in [0.1, 0.15) is 17.8 Å². The highest BCUT2D eigenvalue weighted by Gasteiger charge is 2.25. The third-order valence-corrected chi connectivity index (χ3v) is 5.51. The second-order valence-electron chi connectivity index (χ2n) is 7.02. The van der Waals surface area contributed by atoms with Crippen LogP contribution in [0.4, 0.5) is 23.1 Å². The predicted octanol–water partition coefficient (Wildman–Crippen LogP) is 0.922. The Morgan fingerprint density at radius 3 is 1.96 bits per heavy atom. The molecule has 27 heavy (non-hydrogen) atoms. The van der Waals surface area contributed by atoms with E-state index in [1.54, 1.807) is 6.33 Å². The lowest BCUT2D eigenvalue weighted by atomic mass is 10.2. The molecule has 0 unspecified atom stereocenters. The number of nitrogens with zero attached hydrogens (tertiary/aromatic N) is 7. The molecule has 0 bridgehead atoms. The molecule has 144 valence electrons. The summed E-state index contributed by atoms with van der Waals surface area (Å²) in [6.07, 6.45) is 3.49. The molecule has 8 heteroatoms. The Morgan fingerprint density at radius 2 is 1.41 bits per heavy atom. The van der Waals surface area contributed by atoms with Crippen molar-refractivity contribution in [2.75, 3.05) is 79.3 Å². The minimum absolute atomic E-state index is 0.703. The van der Waals surface area contributed by atoms with Gasteiger partial charge in [0.05, 0.1) is 0 Å². The summed E-state index contributed by atoms with van der Waals surface area (Å²) in [7, 11) is 0. The average molecular weight is 368 g/mol. The van der Waals surface area contributed by atoms with Gasteiger partial charge >= 0.3 is 0 Å². The van der Waals surface area contributed by atoms with Crippen molar-refractivity contribution in [2.45, 2.75) is 6.92 Å². The molecule has 2 fully saturated rings. The molecule has 0 saturated carbocycles. The van der Waals surface area contributed by atoms with E-state index in [9.17, 15) is 0 Å². The van der Waals surface area contributed by atoms with Crippen molar-refractivity contribution >= 4 is 23.1 Å². The third kappa shape index (κ3) is 3.75. The van der Waals surface area contributed by atoms with E-state index in [-0.39, 0.29) is 0 Å². The summed E-state index contributed by atoms with van der Waals surface area (Å²) in [4.78, 5) is 22.8. The van der Waals surface area contributed by atoms with Gasteiger partial charge in [0.2, 0.25) is 0 Å². The third-order valence-electron chi connectivity index (χ3n) is 5.51. The molecule has 2 aliphatic rings. The Labute approximate surface area is 160 Å². The number of nitrogen functional groups attached to an aromatic ring is 1. The van der Waals surface area contributed by atoms with Crippen LogP contribution in [0.1, 0.15) is 6.92 Å². The van der Waals surface area contributed by atoms with Gasteiger partial charge in [0.15, 0.2) is 11.6 Å². The van der Waals surface area contributed by atoms with Gasteiger partial charge in [-0.1, -0.05) is 13.0 Å². The molecule has 0 aliphatic carbocycles. The molecule has 0 amide bonds. The number of pyridine rings is 1. The maximum Gasteiger partial charge on any atom is 0.157 e. The van der Waals surface area contributed by atoms with Gasteiger partial charge < -0.3 is 25.3 Å². The predicted molar refractivity (Wildman–Crippen MR) is 109 cm³/mol. The summed E-state index contributed by atoms with van der Waals surface area (Å²) >= 11 is 0. The van der Waals surface area contributed by atoms with Gasteiger partial charge in [-0.2, -0.15) is 0 Å². The zero-order chi connectivity index (χ0) is 18.6. The van der Waals surface area contributed by atoms with Gasteiger partial charge in [0, 0.05) is 58.6 Å². The topological polar surface area (TPSA) is 77.7 Å². The molecule has 0 atom stereocenters. The number of hydrogen-bond donors (Lipinski definition) is 1. The van der Waals surface area contributed by atoms with Crippen molar-refractivity contribution in [1.82, 2.24) is 19.9 Å². The van der Waals surface area contributed by atoms with Gasteiger partial charge in [-0.3, -0.25) is 0 Å². The van der Waals surface area contributed by atoms with Crippen LogP contribution in [0.3, 0.4) is 0 Å². The number of likely N-dealkylation sites (N-methyl/N-ethyl adjacent to an activating group) is 1. The first-order valence-electron chi connectivity index (χ1n) is 9.75. The molecule has 8 nitrogen and oxygen atoms in total. The maximum atomic E-state index is 6.51. The molecule has 2 aliphatic heterocycles. The molecule has 0 aromatic carbocycles. The first-order valence-corrected chi connectivity index (χ1v) is 9.75. The highest BCUT2D eigenvalue weighted by molar-refractivity contribution is 5.76. The lowest BCUT2D eigenvalue weighted by molar-refractivity contribution is 0.270. The summed E-state index contributed by atoms with van der Waals surface area (Å²) in [6, 6.07) is 6.04. The van der Waals surface area contributed by atoms with E-state index in [0.717, 1.165) is 76.4 Å². The van der Waals surface area contributed by atoms with Crippen LogP contribution in [-0.2, 0) is 0 Å². The van der Waals surface area contributed by atoms with Gasteiger partial charge in [-0.05, 0) is 18.7 Å². The quantitative estimate of drug-likeness (QED) is 0.854. The average Bonchev–Trinajstić information content (AvgIpc) is 2.75. The number of aromatic nitrogens is 3. The van der Waals surface area contributed by atoms with E-state index >= 15 is 0 Å². The van der Waals surface area contributed by atoms with E-state index in [0.29, 0.717) is 5.69 Å². The van der Waals surface area contributed by atoms with Crippen LogP contribution in [0.5, 0.6) is 0 Å². The summed E-state index contributed by atoms with van der Waals surface area (Å²) < 4.78 is 0. The second-order valence-corrected chi connectivity index (χ2v) is 7.02. The van der Waals surface area contributed by atoms with Crippen LogP contribution in [0, 0.1) is 0 Å². The van der Waals surface area contributed by atoms with Crippen molar-refractivity contribution in [2.24, 2.45) is 0 Å². The van der Waals surface area contributed by atoms with Crippen molar-refractivity contribution in [3.8, 4) is 0 Å². The van der Waals surface area contributed by atoms with Gasteiger partial charge in [-0.15, -0.1) is 0 Å². The number of rotatable bonds is 4. The maximum absolute atomic E-state index is 6.51. The number of hydrogen-bond acceptors (Lipinski definition) is 8. The molecule has 2 N–H and O–H groups in total. The van der Waals surface area contributed by atoms with E-state index in [4.69, 9.17) is 5.73 Å². The fourth-order valence-corrected chi connectivity index (χ4v) is 3.85. The summed E-state index contributed by atoms with van der Waals surface area (Å²) in [5, 5.41) is 0. The Morgan fingerprint density at radius 1 is 0.815 bits per heavy atom. The van der Waals surface area contributed by atoms with Crippen molar-refractivity contribution in [1.29, 1.82) is 0 Å². The van der Waals surface area contributed by atoms with Crippen LogP contribution >= 0.6 is 0 Å². The van der Waals surface area contributed by atoms with Crippen LogP contribution in [0.15, 0.2) is 30.7 Å². The van der Waals surface area contributed by atoms with E-state index in [1.165, 1.54) is 0 Å². The lowest BCUT2D eigenvalue weighted by Crippen LogP contribution is -2.48. The Kier molecular flexibility index (Phi) is 5.24. The van der Waals surface area contributed by atoms with Crippen molar-refractivity contribution in [3.05, 3.63) is 30.7 Å². The SMILES string of the molecule is CCN1CCN(c2ncnc(N3CCN(c4ccccn4)CC3)c2N)CC1. The summed E-state index contributed by atoms with van der Waals surface area (Å²) in [5.74, 6) is 2.77. The second kappa shape index (κ2) is 7.96. The van der Waals surface area contributed by atoms with Crippen LogP contribution in [0.25, 0.3) is 0 Å². The molecule has 4 heterocycles. The van der Waals surface area contributed by atoms with Crippen LogP contribution in [-0.4, -0.2) is 78.8 Å². The van der Waals surface area contributed by atoms with Crippen molar-refractivity contribution < 1.29 is 0 Å². The first-order chi connectivity index (χ1) is 13.3. The smallest absolute Gasteiger partial charge is 0.157 e. The number of anilines is 4. The standard InChI is InChI=1S/C19H28N8/c1-2-24-7-9-26(10-8-24)18-17(20)19(23-15-22-18)27-13-11-25(12-14-27)16-5-3-4-6-21-16/h3-6,15H,2,7-14,20H2,1H3. The Hall–Kier alpha value is -2.61. The lowest BCUT2D eigenvalue weighted by Gasteiger charge is -2.38. The minimum atomic E-state index is 0.703. The monoisotopic (exact) mass is 368 g/mol. The largest absolute Gasteiger partial charge is 0.393 e. The fourth-order valence-electron chi connectivity index (χ4n) is 3.85. The van der Waals surface area contributed by atoms with Gasteiger partial charge in [-0.25, -0.2) is 15.0 Å². The zero-order valence-electron chi connectivity index (χ0n) is 16.0. The van der Waals surface area contributed by atoms with Crippen LogP contribution in [0.2, 0.25) is 0 Å². The minimum Gasteiger partial charge on any atom is -0.393 e. The Bertz CT molecular complexity index is 737. The molecular formula is C19H28N8. The molecule has 0 spiro atoms. The summed E-state index contributed by atoms with van der Waals surface area (Å²) in [6.45, 7) is 10.9. The molecule has 2 saturated heterocycles. The number of nitrogens with two attached hydrogens (primary N) is 1. The summed E-state index contributed by atoms with van der Waals surface area (Å²) in [5.41, 5.74) is 7.21. The molecule has 4 rings (SSSR count). The van der Waals surface area contributed by atoms with Crippen LogP contribution < -0.4 is 20.4 Å².